The standard InChI is InChI=1S/C6H3ClF3N.CH6N4O/c7-5-2-1-4(3-11-5)6(8,9)10;2-4-1(6)5-3/h1-3H;2-3H2,(H2,4,5,6). The molecule has 96 valence electrons. The molecule has 0 saturated heterocycles. The van der Waals surface area contributed by atoms with Gasteiger partial charge in [-0.15, -0.1) is 0 Å². The monoisotopic (exact) mass is 271 g/mol. The molecule has 1 aromatic rings. The van der Waals surface area contributed by atoms with Crippen molar-refractivity contribution < 1.29 is 18.0 Å². The first-order valence-corrected chi connectivity index (χ1v) is 4.35. The Bertz CT molecular complexity index is 350. The highest BCUT2D eigenvalue weighted by atomic mass is 35.5. The molecule has 1 rings (SSSR count). The first kappa shape index (κ1) is 15.4. The van der Waals surface area contributed by atoms with Crippen LogP contribution < -0.4 is 22.5 Å². The van der Waals surface area contributed by atoms with Gasteiger partial charge in [-0.1, -0.05) is 11.6 Å². The van der Waals surface area contributed by atoms with Crippen molar-refractivity contribution in [3.8, 4) is 0 Å². The highest BCUT2D eigenvalue weighted by molar-refractivity contribution is 6.29. The molecule has 0 atom stereocenters. The van der Waals surface area contributed by atoms with Crippen LogP contribution in [0.25, 0.3) is 0 Å². The lowest BCUT2D eigenvalue weighted by Gasteiger charge is -2.04. The molecule has 0 radical (unpaired) electrons. The van der Waals surface area contributed by atoms with E-state index in [9.17, 15) is 18.0 Å². The van der Waals surface area contributed by atoms with Gasteiger partial charge in [0.15, 0.2) is 0 Å². The highest BCUT2D eigenvalue weighted by Gasteiger charge is 2.30. The fourth-order valence-electron chi connectivity index (χ4n) is 0.585. The van der Waals surface area contributed by atoms with E-state index in [1.54, 1.807) is 10.9 Å². The number of aromatic nitrogens is 1. The molecule has 6 nitrogen and oxygen atoms in total. The number of amides is 2. The first-order chi connectivity index (χ1) is 7.81. The fraction of sp³-hybridized carbons (Fsp3) is 0.143. The van der Waals surface area contributed by atoms with Crippen LogP contribution in [-0.4, -0.2) is 11.0 Å². The van der Waals surface area contributed by atoms with Gasteiger partial charge in [0.05, 0.1) is 5.56 Å². The van der Waals surface area contributed by atoms with Crippen LogP contribution in [0.15, 0.2) is 18.3 Å². The zero-order valence-electron chi connectivity index (χ0n) is 8.25. The zero-order valence-corrected chi connectivity index (χ0v) is 9.01. The molecular formula is C7H9ClF3N5O. The number of hydrogen-bond acceptors (Lipinski definition) is 4. The van der Waals surface area contributed by atoms with Gasteiger partial charge in [-0.25, -0.2) is 21.5 Å². The average Bonchev–Trinajstić information content (AvgIpc) is 2.28. The number of pyridine rings is 1. The van der Waals surface area contributed by atoms with Gasteiger partial charge < -0.3 is 0 Å². The molecule has 0 aliphatic carbocycles. The van der Waals surface area contributed by atoms with Crippen LogP contribution in [-0.2, 0) is 6.18 Å². The van der Waals surface area contributed by atoms with Gasteiger partial charge in [0.1, 0.15) is 5.15 Å². The molecule has 6 N–H and O–H groups in total. The molecule has 10 heteroatoms. The normalized spacial score (nSPS) is 10.0. The smallest absolute Gasteiger partial charge is 0.275 e. The van der Waals surface area contributed by atoms with E-state index >= 15 is 0 Å². The predicted molar refractivity (Wildman–Crippen MR) is 54.3 cm³/mol. The lowest BCUT2D eigenvalue weighted by atomic mass is 10.3. The third kappa shape index (κ3) is 6.56. The minimum atomic E-state index is -4.34. The third-order valence-corrected chi connectivity index (χ3v) is 1.54. The Morgan fingerprint density at radius 1 is 1.29 bits per heavy atom. The maximum Gasteiger partial charge on any atom is 0.417 e. The van der Waals surface area contributed by atoms with Crippen LogP contribution in [0.2, 0.25) is 5.15 Å². The van der Waals surface area contributed by atoms with Crippen molar-refractivity contribution in [1.29, 1.82) is 0 Å². The average molecular weight is 272 g/mol. The molecule has 0 spiro atoms. The number of nitrogens with zero attached hydrogens (tertiary/aromatic N) is 1. The molecule has 0 saturated carbocycles. The molecular weight excluding hydrogens is 263 g/mol. The summed E-state index contributed by atoms with van der Waals surface area (Å²) in [4.78, 5) is 13.0. The molecule has 0 bridgehead atoms. The fourth-order valence-corrected chi connectivity index (χ4v) is 0.697. The van der Waals surface area contributed by atoms with Crippen LogP contribution in [0.1, 0.15) is 5.56 Å². The van der Waals surface area contributed by atoms with Crippen molar-refractivity contribution in [3.05, 3.63) is 29.0 Å². The predicted octanol–water partition coefficient (Wildman–Crippen LogP) is 0.787. The molecule has 0 aromatic carbocycles. The quantitative estimate of drug-likeness (QED) is 0.242. The summed E-state index contributed by atoms with van der Waals surface area (Å²) < 4.78 is 35.5. The molecule has 0 fully saturated rings. The lowest BCUT2D eigenvalue weighted by molar-refractivity contribution is -0.137. The first-order valence-electron chi connectivity index (χ1n) is 3.97. The van der Waals surface area contributed by atoms with Gasteiger partial charge in [-0.2, -0.15) is 13.2 Å². The number of rotatable bonds is 0. The van der Waals surface area contributed by atoms with E-state index in [0.717, 1.165) is 12.1 Å². The van der Waals surface area contributed by atoms with Crippen molar-refractivity contribution in [2.24, 2.45) is 11.7 Å². The molecule has 17 heavy (non-hydrogen) atoms. The van der Waals surface area contributed by atoms with E-state index in [2.05, 4.69) is 16.7 Å². The summed E-state index contributed by atoms with van der Waals surface area (Å²) in [7, 11) is 0. The molecule has 0 aliphatic heterocycles. The van der Waals surface area contributed by atoms with E-state index in [4.69, 9.17) is 11.6 Å². The van der Waals surface area contributed by atoms with Crippen LogP contribution >= 0.6 is 11.6 Å². The third-order valence-electron chi connectivity index (χ3n) is 1.32. The summed E-state index contributed by atoms with van der Waals surface area (Å²) >= 11 is 5.28. The van der Waals surface area contributed by atoms with Gasteiger partial charge in [-0.3, -0.25) is 10.9 Å². The van der Waals surface area contributed by atoms with Gasteiger partial charge in [-0.05, 0) is 12.1 Å². The maximum atomic E-state index is 11.8. The summed E-state index contributed by atoms with van der Waals surface area (Å²) in [5, 5.41) is 0.0537. The summed E-state index contributed by atoms with van der Waals surface area (Å²) in [6.07, 6.45) is -3.64. The number of halogens is 4. The second-order valence-electron chi connectivity index (χ2n) is 2.49. The van der Waals surface area contributed by atoms with Crippen LogP contribution in [0.4, 0.5) is 18.0 Å². The summed E-state index contributed by atoms with van der Waals surface area (Å²) in [6, 6.07) is 1.38. The van der Waals surface area contributed by atoms with E-state index in [0.29, 0.717) is 6.20 Å². The Balaban J connectivity index is 0.000000366. The number of alkyl halides is 3. The summed E-state index contributed by atoms with van der Waals surface area (Å²) in [5.41, 5.74) is 2.69. The molecule has 0 unspecified atom stereocenters. The van der Waals surface area contributed by atoms with E-state index in [1.165, 1.54) is 0 Å². The van der Waals surface area contributed by atoms with Crippen molar-refractivity contribution in [2.75, 3.05) is 0 Å². The van der Waals surface area contributed by atoms with Gasteiger partial charge >= 0.3 is 12.2 Å². The van der Waals surface area contributed by atoms with Crippen molar-refractivity contribution in [1.82, 2.24) is 15.8 Å². The SMILES string of the molecule is FC(F)(F)c1ccc(Cl)nc1.NNC(=O)NN. The molecule has 1 heterocycles. The second-order valence-corrected chi connectivity index (χ2v) is 2.87. The summed E-state index contributed by atoms with van der Waals surface area (Å²) in [5.74, 6) is 9.08. The lowest BCUT2D eigenvalue weighted by Crippen LogP contribution is -2.43. The van der Waals surface area contributed by atoms with E-state index in [1.807, 2.05) is 0 Å². The highest BCUT2D eigenvalue weighted by Crippen LogP contribution is 2.28. The van der Waals surface area contributed by atoms with Gasteiger partial charge in [0.2, 0.25) is 0 Å². The molecule has 1 aromatic heterocycles. The number of carbonyl (C=O) groups excluding carboxylic acids is 1. The van der Waals surface area contributed by atoms with E-state index < -0.39 is 17.8 Å². The number of hydrogen-bond donors (Lipinski definition) is 4. The Morgan fingerprint density at radius 3 is 2.06 bits per heavy atom. The number of hydrazine groups is 2. The van der Waals surface area contributed by atoms with Crippen molar-refractivity contribution in [3.63, 3.8) is 0 Å². The number of nitrogens with one attached hydrogen (secondary N) is 2. The largest absolute Gasteiger partial charge is 0.417 e. The van der Waals surface area contributed by atoms with Crippen molar-refractivity contribution >= 4 is 17.6 Å². The van der Waals surface area contributed by atoms with Crippen LogP contribution in [0.5, 0.6) is 0 Å². The minimum Gasteiger partial charge on any atom is -0.275 e. The number of carbonyl (C=O) groups is 1. The van der Waals surface area contributed by atoms with Crippen LogP contribution in [0, 0.1) is 0 Å². The molecule has 2 amide bonds. The van der Waals surface area contributed by atoms with Crippen LogP contribution in [0.3, 0.4) is 0 Å². The Morgan fingerprint density at radius 2 is 1.82 bits per heavy atom. The minimum absolute atomic E-state index is 0.0537. The Labute approximate surface area is 99.1 Å². The van der Waals surface area contributed by atoms with Gasteiger partial charge in [0, 0.05) is 6.20 Å². The number of urea groups is 1. The Hall–Kier alpha value is -1.58. The molecule has 0 aliphatic rings. The Kier molecular flexibility index (Phi) is 6.25. The summed E-state index contributed by atoms with van der Waals surface area (Å²) in [6.45, 7) is 0. The zero-order chi connectivity index (χ0) is 13.5. The second kappa shape index (κ2) is 6.89. The number of nitrogens with two attached hydrogens (primary N) is 2. The maximum absolute atomic E-state index is 11.8. The van der Waals surface area contributed by atoms with Gasteiger partial charge in [0.25, 0.3) is 0 Å². The topological polar surface area (TPSA) is 106 Å². The van der Waals surface area contributed by atoms with E-state index in [-0.39, 0.29) is 5.15 Å². The van der Waals surface area contributed by atoms with Crippen molar-refractivity contribution in [2.45, 2.75) is 6.18 Å².